The number of benzene rings is 1. The lowest BCUT2D eigenvalue weighted by Gasteiger charge is -1.99. The summed E-state index contributed by atoms with van der Waals surface area (Å²) >= 11 is 0. The molecule has 0 fully saturated rings. The summed E-state index contributed by atoms with van der Waals surface area (Å²) in [6.07, 6.45) is 3.96. The fourth-order valence-electron chi connectivity index (χ4n) is 1.52. The van der Waals surface area contributed by atoms with Gasteiger partial charge in [-0.25, -0.2) is 0 Å². The molecular formula is C11H11NO2. The number of rotatable bonds is 2. The van der Waals surface area contributed by atoms with Gasteiger partial charge in [0.15, 0.2) is 0 Å². The number of amides is 1. The highest BCUT2D eigenvalue weighted by Crippen LogP contribution is 2.24. The van der Waals surface area contributed by atoms with Crippen LogP contribution in [-0.2, 0) is 11.2 Å². The van der Waals surface area contributed by atoms with Gasteiger partial charge in [-0.2, -0.15) is 0 Å². The average Bonchev–Trinajstić information content (AvgIpc) is 2.54. The first-order chi connectivity index (χ1) is 6.79. The molecule has 72 valence electrons. The Morgan fingerprint density at radius 2 is 2.36 bits per heavy atom. The first-order valence-corrected chi connectivity index (χ1v) is 4.50. The van der Waals surface area contributed by atoms with Crippen LogP contribution in [0.25, 0.3) is 6.08 Å². The van der Waals surface area contributed by atoms with Crippen LogP contribution in [0.15, 0.2) is 24.3 Å². The van der Waals surface area contributed by atoms with Gasteiger partial charge in [-0.3, -0.25) is 4.79 Å². The van der Waals surface area contributed by atoms with Gasteiger partial charge in [-0.1, -0.05) is 24.3 Å². The maximum atomic E-state index is 11.1. The number of aliphatic hydroxyl groups excluding tert-OH is 1. The molecule has 3 nitrogen and oxygen atoms in total. The molecule has 0 unspecified atom stereocenters. The zero-order valence-electron chi connectivity index (χ0n) is 7.66. The summed E-state index contributed by atoms with van der Waals surface area (Å²) in [6.45, 7) is 0.0312. The van der Waals surface area contributed by atoms with Crippen LogP contribution in [0, 0.1) is 0 Å². The van der Waals surface area contributed by atoms with E-state index in [1.54, 1.807) is 6.08 Å². The van der Waals surface area contributed by atoms with Crippen LogP contribution in [0.4, 0.5) is 5.69 Å². The van der Waals surface area contributed by atoms with E-state index in [0.717, 1.165) is 16.8 Å². The van der Waals surface area contributed by atoms with Crippen LogP contribution in [0.2, 0.25) is 0 Å². The van der Waals surface area contributed by atoms with Gasteiger partial charge in [-0.15, -0.1) is 0 Å². The zero-order valence-corrected chi connectivity index (χ0v) is 7.66. The number of anilines is 1. The second kappa shape index (κ2) is 3.64. The van der Waals surface area contributed by atoms with Gasteiger partial charge in [0.2, 0.25) is 5.91 Å². The fraction of sp³-hybridized carbons (Fsp3) is 0.182. The van der Waals surface area contributed by atoms with E-state index < -0.39 is 0 Å². The van der Waals surface area contributed by atoms with Gasteiger partial charge in [0.25, 0.3) is 0 Å². The maximum Gasteiger partial charge on any atom is 0.228 e. The summed E-state index contributed by atoms with van der Waals surface area (Å²) in [4.78, 5) is 11.1. The predicted octanol–water partition coefficient (Wildman–Crippen LogP) is 1.19. The molecule has 1 aromatic carbocycles. The normalized spacial score (nSPS) is 14.5. The largest absolute Gasteiger partial charge is 0.392 e. The second-order valence-electron chi connectivity index (χ2n) is 3.23. The van der Waals surface area contributed by atoms with Crippen molar-refractivity contribution in [2.45, 2.75) is 6.42 Å². The van der Waals surface area contributed by atoms with Crippen molar-refractivity contribution in [3.05, 3.63) is 35.4 Å². The molecule has 1 heterocycles. The summed E-state index contributed by atoms with van der Waals surface area (Å²) < 4.78 is 0. The molecule has 0 bridgehead atoms. The molecule has 0 atom stereocenters. The monoisotopic (exact) mass is 189 g/mol. The number of carbonyl (C=O) groups is 1. The third kappa shape index (κ3) is 1.67. The van der Waals surface area contributed by atoms with Gasteiger partial charge >= 0.3 is 0 Å². The van der Waals surface area contributed by atoms with Crippen LogP contribution >= 0.6 is 0 Å². The first-order valence-electron chi connectivity index (χ1n) is 4.50. The van der Waals surface area contributed by atoms with Crippen molar-refractivity contribution in [2.75, 3.05) is 11.9 Å². The Morgan fingerprint density at radius 3 is 3.14 bits per heavy atom. The van der Waals surface area contributed by atoms with E-state index in [9.17, 15) is 4.79 Å². The van der Waals surface area contributed by atoms with Crippen LogP contribution < -0.4 is 5.32 Å². The van der Waals surface area contributed by atoms with Crippen LogP contribution in [0.5, 0.6) is 0 Å². The highest BCUT2D eigenvalue weighted by molar-refractivity contribution is 5.99. The van der Waals surface area contributed by atoms with Crippen molar-refractivity contribution in [3.63, 3.8) is 0 Å². The number of hydrogen-bond acceptors (Lipinski definition) is 2. The van der Waals surface area contributed by atoms with Crippen molar-refractivity contribution in [3.8, 4) is 0 Å². The van der Waals surface area contributed by atoms with Gasteiger partial charge in [0.05, 0.1) is 13.0 Å². The molecule has 2 N–H and O–H groups in total. The molecule has 1 aliphatic rings. The molecule has 0 saturated carbocycles. The van der Waals surface area contributed by atoms with Crippen LogP contribution in [-0.4, -0.2) is 17.6 Å². The number of aliphatic hydroxyl groups is 1. The molecular weight excluding hydrogens is 178 g/mol. The first kappa shape index (κ1) is 8.97. The van der Waals surface area contributed by atoms with Gasteiger partial charge < -0.3 is 10.4 Å². The number of hydrogen-bond donors (Lipinski definition) is 2. The second-order valence-corrected chi connectivity index (χ2v) is 3.23. The zero-order chi connectivity index (χ0) is 9.97. The van der Waals surface area contributed by atoms with Crippen LogP contribution in [0.3, 0.4) is 0 Å². The molecule has 3 heteroatoms. The molecule has 1 aromatic rings. The Balaban J connectivity index is 2.28. The quantitative estimate of drug-likeness (QED) is 0.734. The van der Waals surface area contributed by atoms with E-state index >= 15 is 0 Å². The summed E-state index contributed by atoms with van der Waals surface area (Å²) in [7, 11) is 0. The van der Waals surface area contributed by atoms with Crippen molar-refractivity contribution >= 4 is 17.7 Å². The SMILES string of the molecule is O=C1Cc2ccc(C=CCO)cc2N1. The van der Waals surface area contributed by atoms with Crippen LogP contribution in [0.1, 0.15) is 11.1 Å². The Hall–Kier alpha value is -1.61. The highest BCUT2D eigenvalue weighted by atomic mass is 16.2. The third-order valence-electron chi connectivity index (χ3n) is 2.17. The molecule has 0 radical (unpaired) electrons. The molecule has 0 saturated heterocycles. The van der Waals surface area contributed by atoms with Gasteiger partial charge in [0.1, 0.15) is 0 Å². The smallest absolute Gasteiger partial charge is 0.228 e. The standard InChI is InChI=1S/C11H11NO2/c13-5-1-2-8-3-4-9-7-11(14)12-10(9)6-8/h1-4,6,13H,5,7H2,(H,12,14). The number of fused-ring (bicyclic) bond motifs is 1. The maximum absolute atomic E-state index is 11.1. The Labute approximate surface area is 82.1 Å². The molecule has 1 amide bonds. The van der Waals surface area contributed by atoms with Crippen molar-refractivity contribution in [1.82, 2.24) is 0 Å². The lowest BCUT2D eigenvalue weighted by molar-refractivity contribution is -0.115. The molecule has 2 rings (SSSR count). The van der Waals surface area contributed by atoms with Crippen molar-refractivity contribution in [1.29, 1.82) is 0 Å². The molecule has 0 spiro atoms. The van der Waals surface area contributed by atoms with Gasteiger partial charge in [0, 0.05) is 5.69 Å². The topological polar surface area (TPSA) is 49.3 Å². The van der Waals surface area contributed by atoms with Crippen molar-refractivity contribution < 1.29 is 9.90 Å². The minimum Gasteiger partial charge on any atom is -0.392 e. The molecule has 0 aromatic heterocycles. The van der Waals surface area contributed by atoms with E-state index in [4.69, 9.17) is 5.11 Å². The van der Waals surface area contributed by atoms with E-state index in [1.807, 2.05) is 24.3 Å². The summed E-state index contributed by atoms with van der Waals surface area (Å²) in [5.74, 6) is 0.0447. The molecule has 0 aliphatic carbocycles. The molecule has 14 heavy (non-hydrogen) atoms. The van der Waals surface area contributed by atoms with Gasteiger partial charge in [-0.05, 0) is 17.2 Å². The van der Waals surface area contributed by atoms with Crippen molar-refractivity contribution in [2.24, 2.45) is 0 Å². The fourth-order valence-corrected chi connectivity index (χ4v) is 1.52. The highest BCUT2D eigenvalue weighted by Gasteiger charge is 2.16. The lowest BCUT2D eigenvalue weighted by Crippen LogP contribution is -2.03. The Kier molecular flexibility index (Phi) is 2.33. The minimum atomic E-state index is 0.0312. The molecule has 1 aliphatic heterocycles. The average molecular weight is 189 g/mol. The van der Waals surface area contributed by atoms with E-state index in [0.29, 0.717) is 6.42 Å². The van der Waals surface area contributed by atoms with E-state index in [2.05, 4.69) is 5.32 Å². The summed E-state index contributed by atoms with van der Waals surface area (Å²) in [6, 6.07) is 5.78. The Bertz CT molecular complexity index is 396. The Morgan fingerprint density at radius 1 is 1.50 bits per heavy atom. The number of carbonyl (C=O) groups excluding carboxylic acids is 1. The predicted molar refractivity (Wildman–Crippen MR) is 54.9 cm³/mol. The summed E-state index contributed by atoms with van der Waals surface area (Å²) in [5, 5.41) is 11.4. The number of nitrogens with one attached hydrogen (secondary N) is 1. The lowest BCUT2D eigenvalue weighted by atomic mass is 10.1. The third-order valence-corrected chi connectivity index (χ3v) is 2.17. The summed E-state index contributed by atoms with van der Waals surface area (Å²) in [5.41, 5.74) is 2.91. The van der Waals surface area contributed by atoms with E-state index in [1.165, 1.54) is 0 Å². The minimum absolute atomic E-state index is 0.0312. The van der Waals surface area contributed by atoms with E-state index in [-0.39, 0.29) is 12.5 Å².